The summed E-state index contributed by atoms with van der Waals surface area (Å²) in [5.41, 5.74) is -0.564. The van der Waals surface area contributed by atoms with Crippen LogP contribution in [0.15, 0.2) is 22.6 Å². The predicted octanol–water partition coefficient (Wildman–Crippen LogP) is 1.07. The molecule has 22 heavy (non-hydrogen) atoms. The van der Waals surface area contributed by atoms with Crippen LogP contribution in [0.2, 0.25) is 0 Å². The van der Waals surface area contributed by atoms with E-state index in [0.29, 0.717) is 11.4 Å². The maximum atomic E-state index is 12.3. The first-order valence-electron chi connectivity index (χ1n) is 6.77. The lowest BCUT2D eigenvalue weighted by molar-refractivity contribution is -0.143. The van der Waals surface area contributed by atoms with Gasteiger partial charge in [-0.3, -0.25) is 14.0 Å². The van der Waals surface area contributed by atoms with Gasteiger partial charge in [0, 0.05) is 17.8 Å². The van der Waals surface area contributed by atoms with Crippen LogP contribution >= 0.6 is 11.3 Å². The van der Waals surface area contributed by atoms with Crippen LogP contribution in [0.3, 0.4) is 0 Å². The molecular formula is C14H17N3O4S. The van der Waals surface area contributed by atoms with E-state index in [4.69, 9.17) is 0 Å². The van der Waals surface area contributed by atoms with Crippen molar-refractivity contribution in [2.24, 2.45) is 5.92 Å². The van der Waals surface area contributed by atoms with Crippen molar-refractivity contribution in [2.75, 3.05) is 7.11 Å². The van der Waals surface area contributed by atoms with E-state index in [0.717, 1.165) is 0 Å². The molecule has 0 radical (unpaired) electrons. The molecule has 8 heteroatoms. The number of nitrogens with one attached hydrogen (secondary N) is 1. The molecular weight excluding hydrogens is 306 g/mol. The number of ether oxygens (including phenoxy) is 1. The van der Waals surface area contributed by atoms with Gasteiger partial charge in [0.15, 0.2) is 4.96 Å². The fraction of sp³-hybridized carbons (Fsp3) is 0.429. The minimum atomic E-state index is -0.792. The van der Waals surface area contributed by atoms with E-state index in [1.165, 1.54) is 29.0 Å². The summed E-state index contributed by atoms with van der Waals surface area (Å²) in [5, 5.41) is 4.26. The van der Waals surface area contributed by atoms with Crippen LogP contribution in [0, 0.1) is 5.92 Å². The third kappa shape index (κ3) is 3.33. The second-order valence-electron chi connectivity index (χ2n) is 5.21. The van der Waals surface area contributed by atoms with Crippen molar-refractivity contribution in [3.8, 4) is 0 Å². The Morgan fingerprint density at radius 3 is 2.82 bits per heavy atom. The molecule has 1 N–H and O–H groups in total. The van der Waals surface area contributed by atoms with Gasteiger partial charge in [0.25, 0.3) is 11.5 Å². The quantitative estimate of drug-likeness (QED) is 0.831. The fourth-order valence-electron chi connectivity index (χ4n) is 2.04. The first-order valence-corrected chi connectivity index (χ1v) is 7.65. The van der Waals surface area contributed by atoms with Crippen molar-refractivity contribution in [3.63, 3.8) is 0 Å². The number of carbonyl (C=O) groups is 2. The van der Waals surface area contributed by atoms with Gasteiger partial charge >= 0.3 is 5.97 Å². The highest BCUT2D eigenvalue weighted by atomic mass is 32.1. The molecule has 1 atom stereocenters. The first-order chi connectivity index (χ1) is 10.4. The molecule has 0 saturated heterocycles. The molecule has 2 aromatic heterocycles. The molecule has 0 aliphatic rings. The normalized spacial score (nSPS) is 12.4. The maximum absolute atomic E-state index is 12.3. The van der Waals surface area contributed by atoms with E-state index in [9.17, 15) is 14.4 Å². The van der Waals surface area contributed by atoms with Crippen molar-refractivity contribution in [1.82, 2.24) is 14.7 Å². The molecule has 0 aliphatic carbocycles. The smallest absolute Gasteiger partial charge is 0.328 e. The molecule has 2 heterocycles. The largest absolute Gasteiger partial charge is 0.467 e. The predicted molar refractivity (Wildman–Crippen MR) is 82.1 cm³/mol. The molecule has 1 amide bonds. The zero-order chi connectivity index (χ0) is 16.3. The van der Waals surface area contributed by atoms with Crippen LogP contribution in [0.4, 0.5) is 0 Å². The van der Waals surface area contributed by atoms with Crippen LogP contribution in [-0.2, 0) is 9.53 Å². The number of aromatic nitrogens is 2. The summed E-state index contributed by atoms with van der Waals surface area (Å²) in [6, 6.07) is -0.792. The van der Waals surface area contributed by atoms with Crippen molar-refractivity contribution >= 4 is 28.2 Å². The third-order valence-corrected chi connectivity index (χ3v) is 3.86. The van der Waals surface area contributed by atoms with Crippen molar-refractivity contribution in [2.45, 2.75) is 26.3 Å². The second-order valence-corrected chi connectivity index (χ2v) is 6.08. The Balaban J connectivity index is 2.26. The monoisotopic (exact) mass is 323 g/mol. The minimum Gasteiger partial charge on any atom is -0.467 e. The van der Waals surface area contributed by atoms with Crippen molar-refractivity contribution in [3.05, 3.63) is 33.7 Å². The second kappa shape index (κ2) is 6.69. The zero-order valence-corrected chi connectivity index (χ0v) is 13.3. The molecule has 0 aliphatic heterocycles. The average Bonchev–Trinajstić information content (AvgIpc) is 2.94. The number of hydrogen-bond donors (Lipinski definition) is 1. The average molecular weight is 323 g/mol. The summed E-state index contributed by atoms with van der Waals surface area (Å²) in [4.78, 5) is 40.8. The highest BCUT2D eigenvalue weighted by Gasteiger charge is 2.24. The van der Waals surface area contributed by atoms with Crippen LogP contribution in [0.1, 0.15) is 30.6 Å². The lowest BCUT2D eigenvalue weighted by Gasteiger charge is -2.18. The number of carbonyl (C=O) groups excluding carboxylic acids is 2. The number of fused-ring (bicyclic) bond motifs is 1. The Morgan fingerprint density at radius 2 is 2.18 bits per heavy atom. The highest BCUT2D eigenvalue weighted by Crippen LogP contribution is 2.08. The van der Waals surface area contributed by atoms with Gasteiger partial charge in [-0.2, -0.15) is 0 Å². The van der Waals surface area contributed by atoms with Gasteiger partial charge in [-0.1, -0.05) is 13.8 Å². The van der Waals surface area contributed by atoms with Crippen LogP contribution in [0.5, 0.6) is 0 Å². The topological polar surface area (TPSA) is 89.8 Å². The van der Waals surface area contributed by atoms with Crippen molar-refractivity contribution < 1.29 is 14.3 Å². The summed E-state index contributed by atoms with van der Waals surface area (Å²) in [6.45, 7) is 3.85. The number of thiazole rings is 1. The van der Waals surface area contributed by atoms with E-state index < -0.39 is 23.5 Å². The van der Waals surface area contributed by atoms with E-state index in [2.05, 4.69) is 15.0 Å². The number of methoxy groups -OCH3 is 1. The van der Waals surface area contributed by atoms with Gasteiger partial charge < -0.3 is 10.1 Å². The van der Waals surface area contributed by atoms with Crippen molar-refractivity contribution in [1.29, 1.82) is 0 Å². The number of esters is 1. The van der Waals surface area contributed by atoms with Gasteiger partial charge in [-0.15, -0.1) is 11.3 Å². The van der Waals surface area contributed by atoms with Gasteiger partial charge in [-0.25, -0.2) is 9.78 Å². The number of hydrogen-bond acceptors (Lipinski definition) is 6. The Hall–Kier alpha value is -2.22. The molecule has 0 fully saturated rings. The molecule has 7 nitrogen and oxygen atoms in total. The number of rotatable bonds is 5. The Morgan fingerprint density at radius 1 is 1.45 bits per heavy atom. The van der Waals surface area contributed by atoms with Gasteiger partial charge in [0.2, 0.25) is 0 Å². The van der Waals surface area contributed by atoms with E-state index in [1.807, 2.05) is 13.8 Å². The van der Waals surface area contributed by atoms with Gasteiger partial charge in [0.1, 0.15) is 11.6 Å². The van der Waals surface area contributed by atoms with Crippen LogP contribution in [0.25, 0.3) is 4.96 Å². The summed E-state index contributed by atoms with van der Waals surface area (Å²) < 4.78 is 5.99. The summed E-state index contributed by atoms with van der Waals surface area (Å²) in [5.74, 6) is -0.983. The maximum Gasteiger partial charge on any atom is 0.328 e. The molecule has 0 aromatic carbocycles. The third-order valence-electron chi connectivity index (χ3n) is 3.09. The van der Waals surface area contributed by atoms with E-state index >= 15 is 0 Å². The summed E-state index contributed by atoms with van der Waals surface area (Å²) in [7, 11) is 1.26. The fourth-order valence-corrected chi connectivity index (χ4v) is 2.72. The molecule has 1 unspecified atom stereocenters. The standard InChI is InChI=1S/C14H17N3O4S/c1-8(2)6-10(13(20)21-3)16-11(18)9-7-15-14-17(12(9)19)4-5-22-14/h4-5,7-8,10H,6H2,1-3H3,(H,16,18). The number of amides is 1. The molecule has 0 saturated carbocycles. The number of nitrogens with zero attached hydrogens (tertiary/aromatic N) is 2. The zero-order valence-electron chi connectivity index (χ0n) is 12.5. The molecule has 118 valence electrons. The molecule has 2 aromatic rings. The first kappa shape index (κ1) is 16.2. The van der Waals surface area contributed by atoms with E-state index in [1.54, 1.807) is 11.6 Å². The van der Waals surface area contributed by atoms with Crippen LogP contribution in [-0.4, -0.2) is 34.4 Å². The molecule has 2 rings (SSSR count). The Kier molecular flexibility index (Phi) is 4.92. The SMILES string of the molecule is COC(=O)C(CC(C)C)NC(=O)c1cnc2sccn2c1=O. The Bertz CT molecular complexity index is 750. The van der Waals surface area contributed by atoms with Gasteiger partial charge in [0.05, 0.1) is 7.11 Å². The van der Waals surface area contributed by atoms with E-state index in [-0.39, 0.29) is 11.5 Å². The lowest BCUT2D eigenvalue weighted by Crippen LogP contribution is -2.44. The lowest BCUT2D eigenvalue weighted by atomic mass is 10.0. The Labute approximate surface area is 130 Å². The molecule has 0 spiro atoms. The van der Waals surface area contributed by atoms with Crippen LogP contribution < -0.4 is 10.9 Å². The highest BCUT2D eigenvalue weighted by molar-refractivity contribution is 7.15. The summed E-state index contributed by atoms with van der Waals surface area (Å²) in [6.07, 6.45) is 3.21. The molecule has 0 bridgehead atoms. The van der Waals surface area contributed by atoms with Gasteiger partial charge in [-0.05, 0) is 12.3 Å². The summed E-state index contributed by atoms with van der Waals surface area (Å²) >= 11 is 1.30. The minimum absolute atomic E-state index is 0.103.